The fourth-order valence-electron chi connectivity index (χ4n) is 4.12. The number of benzene rings is 2. The van der Waals surface area contributed by atoms with Crippen molar-refractivity contribution in [2.75, 3.05) is 14.2 Å². The lowest BCUT2D eigenvalue weighted by Crippen LogP contribution is -2.56. The number of ether oxygens (including phenoxy) is 2. The Morgan fingerprint density at radius 1 is 0.909 bits per heavy atom. The van der Waals surface area contributed by atoms with Crippen molar-refractivity contribution in [2.45, 2.75) is 67.3 Å². The molecular weight excluding hydrogens is 416 g/mol. The Balaban J connectivity index is 2.54. The number of nitrogens with one attached hydrogen (secondary N) is 1. The molecule has 1 N–H and O–H groups in total. The molecule has 1 atom stereocenters. The number of nitrogens with zero attached hydrogens (tertiary/aromatic N) is 1. The maximum absolute atomic E-state index is 13.7. The first-order chi connectivity index (χ1) is 15.4. The molecule has 2 amide bonds. The number of hydrogen-bond acceptors (Lipinski definition) is 4. The van der Waals surface area contributed by atoms with Gasteiger partial charge in [0, 0.05) is 16.7 Å². The summed E-state index contributed by atoms with van der Waals surface area (Å²) in [6, 6.07) is 8.87. The van der Waals surface area contributed by atoms with E-state index in [1.807, 2.05) is 39.0 Å². The van der Waals surface area contributed by atoms with Gasteiger partial charge in [0.2, 0.25) is 0 Å². The molecule has 0 aliphatic heterocycles. The monoisotopic (exact) mass is 454 g/mol. The molecule has 0 saturated carbocycles. The van der Waals surface area contributed by atoms with Crippen molar-refractivity contribution < 1.29 is 19.1 Å². The van der Waals surface area contributed by atoms with E-state index in [1.165, 1.54) is 5.01 Å². The molecule has 0 radical (unpaired) electrons. The summed E-state index contributed by atoms with van der Waals surface area (Å²) in [5.74, 6) is 0.476. The molecule has 0 aliphatic rings. The second-order valence-corrected chi connectivity index (χ2v) is 9.67. The van der Waals surface area contributed by atoms with Crippen molar-refractivity contribution in [1.82, 2.24) is 10.4 Å². The third-order valence-electron chi connectivity index (χ3n) is 5.80. The fraction of sp³-hybridized carbons (Fsp3) is 0.481. The molecule has 2 aromatic carbocycles. The molecule has 2 rings (SSSR count). The van der Waals surface area contributed by atoms with Gasteiger partial charge in [-0.15, -0.1) is 0 Å². The van der Waals surface area contributed by atoms with E-state index < -0.39 is 5.91 Å². The second kappa shape index (κ2) is 10.7. The van der Waals surface area contributed by atoms with E-state index in [9.17, 15) is 9.59 Å². The summed E-state index contributed by atoms with van der Waals surface area (Å²) < 4.78 is 10.9. The highest BCUT2D eigenvalue weighted by molar-refractivity contribution is 6.00. The lowest BCUT2D eigenvalue weighted by atomic mass is 9.83. The molecule has 6 nitrogen and oxygen atoms in total. The molecule has 0 bridgehead atoms. The first kappa shape index (κ1) is 26.2. The number of amides is 2. The lowest BCUT2D eigenvalue weighted by molar-refractivity contribution is 0.0271. The molecule has 0 aromatic heterocycles. The third-order valence-corrected chi connectivity index (χ3v) is 5.80. The van der Waals surface area contributed by atoms with Crippen LogP contribution in [0.15, 0.2) is 30.3 Å². The minimum absolute atomic E-state index is 0.200. The number of hydrogen-bond donors (Lipinski definition) is 1. The Hall–Kier alpha value is -3.02. The van der Waals surface area contributed by atoms with Crippen LogP contribution in [-0.2, 0) is 0 Å². The molecule has 2 aromatic rings. The van der Waals surface area contributed by atoms with Crippen molar-refractivity contribution in [3.63, 3.8) is 0 Å². The van der Waals surface area contributed by atoms with Gasteiger partial charge in [0.15, 0.2) is 0 Å². The highest BCUT2D eigenvalue weighted by Gasteiger charge is 2.35. The van der Waals surface area contributed by atoms with Crippen LogP contribution in [0.5, 0.6) is 11.5 Å². The molecule has 0 aliphatic carbocycles. The van der Waals surface area contributed by atoms with Crippen LogP contribution in [0.25, 0.3) is 0 Å². The molecule has 33 heavy (non-hydrogen) atoms. The maximum Gasteiger partial charge on any atom is 0.272 e. The van der Waals surface area contributed by atoms with Gasteiger partial charge >= 0.3 is 0 Å². The van der Waals surface area contributed by atoms with E-state index in [0.717, 1.165) is 29.5 Å². The van der Waals surface area contributed by atoms with E-state index in [1.54, 1.807) is 26.4 Å². The van der Waals surface area contributed by atoms with Crippen molar-refractivity contribution in [2.24, 2.45) is 5.41 Å². The van der Waals surface area contributed by atoms with Gasteiger partial charge in [-0.05, 0) is 56.9 Å². The maximum atomic E-state index is 13.7. The normalized spacial score (nSPS) is 12.2. The minimum atomic E-state index is -0.394. The summed E-state index contributed by atoms with van der Waals surface area (Å²) in [5, 5.41) is 1.51. The molecule has 6 heteroatoms. The van der Waals surface area contributed by atoms with Crippen LogP contribution in [-0.4, -0.2) is 37.1 Å². The van der Waals surface area contributed by atoms with Crippen molar-refractivity contribution >= 4 is 11.8 Å². The Bertz CT molecular complexity index is 962. The molecule has 0 spiro atoms. The van der Waals surface area contributed by atoms with Crippen LogP contribution < -0.4 is 14.9 Å². The summed E-state index contributed by atoms with van der Waals surface area (Å²) in [6.07, 6.45) is 1.63. The smallest absolute Gasteiger partial charge is 0.272 e. The second-order valence-electron chi connectivity index (χ2n) is 9.67. The van der Waals surface area contributed by atoms with Gasteiger partial charge in [-0.1, -0.05) is 51.3 Å². The standard InChI is InChI=1S/C27H38N2O4/c1-10-11-24(27(5,6)7)29(26(31)21-13-17(2)12-18(3)14-21)28-25(30)20-15-22(32-8)19(4)23(16-20)33-9/h12-16,24H,10-11H2,1-9H3,(H,28,30). The van der Waals surface area contributed by atoms with Crippen molar-refractivity contribution in [1.29, 1.82) is 0 Å². The van der Waals surface area contributed by atoms with Crippen LogP contribution >= 0.6 is 0 Å². The Morgan fingerprint density at radius 2 is 1.42 bits per heavy atom. The molecule has 0 fully saturated rings. The van der Waals surface area contributed by atoms with E-state index >= 15 is 0 Å². The van der Waals surface area contributed by atoms with Gasteiger partial charge in [-0.3, -0.25) is 15.0 Å². The number of rotatable bonds is 7. The van der Waals surface area contributed by atoms with E-state index in [-0.39, 0.29) is 17.4 Å². The number of methoxy groups -OCH3 is 2. The summed E-state index contributed by atoms with van der Waals surface area (Å²) in [7, 11) is 3.10. The van der Waals surface area contributed by atoms with E-state index in [2.05, 4.69) is 33.1 Å². The quantitative estimate of drug-likeness (QED) is 0.551. The number of carbonyl (C=O) groups excluding carboxylic acids is 2. The van der Waals surface area contributed by atoms with Crippen molar-refractivity contribution in [3.8, 4) is 11.5 Å². The first-order valence-electron chi connectivity index (χ1n) is 11.4. The van der Waals surface area contributed by atoms with E-state index in [4.69, 9.17) is 9.47 Å². The minimum Gasteiger partial charge on any atom is -0.496 e. The average molecular weight is 455 g/mol. The predicted octanol–water partition coefficient (Wildman–Crippen LogP) is 5.63. The van der Waals surface area contributed by atoms with Gasteiger partial charge in [-0.2, -0.15) is 0 Å². The zero-order valence-electron chi connectivity index (χ0n) is 21.5. The summed E-state index contributed by atoms with van der Waals surface area (Å²) in [4.78, 5) is 27.1. The van der Waals surface area contributed by atoms with Crippen LogP contribution in [0.3, 0.4) is 0 Å². The topological polar surface area (TPSA) is 67.9 Å². The predicted molar refractivity (Wildman–Crippen MR) is 132 cm³/mol. The SMILES string of the molecule is CCCC(N(NC(=O)c1cc(OC)c(C)c(OC)c1)C(=O)c1cc(C)cc(C)c1)C(C)(C)C. The lowest BCUT2D eigenvalue weighted by Gasteiger charge is -2.40. The molecule has 180 valence electrons. The first-order valence-corrected chi connectivity index (χ1v) is 11.4. The third kappa shape index (κ3) is 6.28. The van der Waals surface area contributed by atoms with Gasteiger partial charge < -0.3 is 9.47 Å². The van der Waals surface area contributed by atoms with Crippen molar-refractivity contribution in [3.05, 3.63) is 58.1 Å². The zero-order chi connectivity index (χ0) is 24.9. The fourth-order valence-corrected chi connectivity index (χ4v) is 4.12. The van der Waals surface area contributed by atoms with Gasteiger partial charge in [-0.25, -0.2) is 5.01 Å². The molecular formula is C27H38N2O4. The molecule has 0 saturated heterocycles. The molecule has 1 unspecified atom stereocenters. The highest BCUT2D eigenvalue weighted by atomic mass is 16.5. The van der Waals surface area contributed by atoms with Gasteiger partial charge in [0.25, 0.3) is 11.8 Å². The van der Waals surface area contributed by atoms with Gasteiger partial charge in [0.1, 0.15) is 11.5 Å². The Morgan fingerprint density at radius 3 is 1.85 bits per heavy atom. The number of aryl methyl sites for hydroxylation is 2. The summed E-state index contributed by atoms with van der Waals surface area (Å²) in [5.41, 5.74) is 6.38. The largest absolute Gasteiger partial charge is 0.496 e. The van der Waals surface area contributed by atoms with Gasteiger partial charge in [0.05, 0.1) is 20.3 Å². The van der Waals surface area contributed by atoms with Crippen LogP contribution in [0.4, 0.5) is 0 Å². The van der Waals surface area contributed by atoms with Crippen LogP contribution in [0.1, 0.15) is 77.9 Å². The number of hydrazine groups is 1. The van der Waals surface area contributed by atoms with E-state index in [0.29, 0.717) is 22.6 Å². The summed E-state index contributed by atoms with van der Waals surface area (Å²) in [6.45, 7) is 14.1. The molecule has 0 heterocycles. The highest BCUT2D eigenvalue weighted by Crippen LogP contribution is 2.31. The van der Waals surface area contributed by atoms with Crippen LogP contribution in [0, 0.1) is 26.2 Å². The average Bonchev–Trinajstić information content (AvgIpc) is 2.74. The Labute approximate surface area is 198 Å². The number of carbonyl (C=O) groups is 2. The van der Waals surface area contributed by atoms with Crippen LogP contribution in [0.2, 0.25) is 0 Å². The summed E-state index contributed by atoms with van der Waals surface area (Å²) >= 11 is 0. The zero-order valence-corrected chi connectivity index (χ0v) is 21.5. The Kier molecular flexibility index (Phi) is 8.53.